The van der Waals surface area contributed by atoms with Crippen LogP contribution < -0.4 is 9.62 Å². The molecule has 2 aromatic carbocycles. The van der Waals surface area contributed by atoms with Crippen LogP contribution in [-0.4, -0.2) is 27.1 Å². The van der Waals surface area contributed by atoms with Crippen molar-refractivity contribution in [2.75, 3.05) is 17.1 Å². The monoisotopic (exact) mass is 436 g/mol. The number of carbonyl (C=O) groups excluding carboxylic acids is 1. The van der Waals surface area contributed by atoms with E-state index in [-0.39, 0.29) is 24.9 Å². The second-order valence-corrected chi connectivity index (χ2v) is 9.63. The summed E-state index contributed by atoms with van der Waals surface area (Å²) in [4.78, 5) is 12.5. The summed E-state index contributed by atoms with van der Waals surface area (Å²) in [6.45, 7) is 6.37. The van der Waals surface area contributed by atoms with Gasteiger partial charge in [-0.2, -0.15) is 0 Å². The standard InChI is InChI=1S/C22H29ClN2O3S/c1-5-21(18-12-11-16(2)17(3)14-18)24-22(26)10-7-13-25(29(4,27)28)20-9-6-8-19(23)15-20/h6,8-9,11-12,14-15,21H,5,7,10,13H2,1-4H3,(H,24,26)/t21-/m0/s1. The first-order valence-corrected chi connectivity index (χ1v) is 11.9. The van der Waals surface area contributed by atoms with Crippen LogP contribution in [0.4, 0.5) is 5.69 Å². The van der Waals surface area contributed by atoms with E-state index in [0.717, 1.165) is 18.2 Å². The van der Waals surface area contributed by atoms with E-state index in [1.807, 2.05) is 13.0 Å². The van der Waals surface area contributed by atoms with E-state index < -0.39 is 10.0 Å². The molecule has 1 N–H and O–H groups in total. The highest BCUT2D eigenvalue weighted by Gasteiger charge is 2.19. The quantitative estimate of drug-likeness (QED) is 0.615. The van der Waals surface area contributed by atoms with Gasteiger partial charge in [0.2, 0.25) is 15.9 Å². The Morgan fingerprint density at radius 1 is 1.14 bits per heavy atom. The van der Waals surface area contributed by atoms with E-state index in [1.165, 1.54) is 15.4 Å². The molecule has 7 heteroatoms. The smallest absolute Gasteiger partial charge is 0.232 e. The van der Waals surface area contributed by atoms with Crippen molar-refractivity contribution in [3.63, 3.8) is 0 Å². The van der Waals surface area contributed by atoms with Crippen LogP contribution in [0.1, 0.15) is 48.9 Å². The van der Waals surface area contributed by atoms with Gasteiger partial charge in [0.05, 0.1) is 18.0 Å². The minimum absolute atomic E-state index is 0.0549. The molecular formula is C22H29ClN2O3S. The molecule has 0 heterocycles. The Hall–Kier alpha value is -2.05. The Morgan fingerprint density at radius 3 is 2.45 bits per heavy atom. The molecule has 0 saturated heterocycles. The van der Waals surface area contributed by atoms with Gasteiger partial charge in [0.15, 0.2) is 0 Å². The molecular weight excluding hydrogens is 408 g/mol. The first-order valence-electron chi connectivity index (χ1n) is 9.71. The summed E-state index contributed by atoms with van der Waals surface area (Å²) < 4.78 is 25.6. The van der Waals surface area contributed by atoms with Crippen molar-refractivity contribution in [3.05, 3.63) is 64.2 Å². The van der Waals surface area contributed by atoms with Gasteiger partial charge in [-0.05, 0) is 61.6 Å². The molecule has 0 spiro atoms. The number of hydrogen-bond donors (Lipinski definition) is 1. The highest BCUT2D eigenvalue weighted by atomic mass is 35.5. The maximum Gasteiger partial charge on any atom is 0.232 e. The first kappa shape index (κ1) is 23.2. The molecule has 1 atom stereocenters. The highest BCUT2D eigenvalue weighted by Crippen LogP contribution is 2.23. The van der Waals surface area contributed by atoms with Crippen molar-refractivity contribution in [1.29, 1.82) is 0 Å². The fraction of sp³-hybridized carbons (Fsp3) is 0.409. The SMILES string of the molecule is CC[C@H](NC(=O)CCCN(c1cccc(Cl)c1)S(C)(=O)=O)c1ccc(C)c(C)c1. The van der Waals surface area contributed by atoms with Crippen molar-refractivity contribution < 1.29 is 13.2 Å². The number of anilines is 1. The molecule has 0 aromatic heterocycles. The van der Waals surface area contributed by atoms with Crippen LogP contribution in [0.15, 0.2) is 42.5 Å². The van der Waals surface area contributed by atoms with Gasteiger partial charge < -0.3 is 5.32 Å². The zero-order valence-electron chi connectivity index (χ0n) is 17.4. The number of halogens is 1. The lowest BCUT2D eigenvalue weighted by atomic mass is 9.99. The Labute approximate surface area is 179 Å². The molecule has 5 nitrogen and oxygen atoms in total. The number of benzene rings is 2. The molecule has 0 aliphatic rings. The van der Waals surface area contributed by atoms with Gasteiger partial charge in [-0.25, -0.2) is 8.42 Å². The van der Waals surface area contributed by atoms with Crippen LogP contribution in [0.2, 0.25) is 5.02 Å². The predicted molar refractivity (Wildman–Crippen MR) is 120 cm³/mol. The Bertz CT molecular complexity index is 960. The second-order valence-electron chi connectivity index (χ2n) is 7.29. The van der Waals surface area contributed by atoms with Crippen LogP contribution in [0.3, 0.4) is 0 Å². The minimum Gasteiger partial charge on any atom is -0.349 e. The summed E-state index contributed by atoms with van der Waals surface area (Å²) >= 11 is 5.99. The zero-order valence-corrected chi connectivity index (χ0v) is 19.0. The van der Waals surface area contributed by atoms with E-state index in [0.29, 0.717) is 17.1 Å². The molecule has 2 aromatic rings. The van der Waals surface area contributed by atoms with Crippen molar-refractivity contribution in [2.24, 2.45) is 0 Å². The van der Waals surface area contributed by atoms with Gasteiger partial charge in [0.25, 0.3) is 0 Å². The van der Waals surface area contributed by atoms with Gasteiger partial charge >= 0.3 is 0 Å². The van der Waals surface area contributed by atoms with Crippen molar-refractivity contribution in [2.45, 2.75) is 46.1 Å². The van der Waals surface area contributed by atoms with Gasteiger partial charge in [-0.15, -0.1) is 0 Å². The van der Waals surface area contributed by atoms with Gasteiger partial charge in [0, 0.05) is 18.0 Å². The van der Waals surface area contributed by atoms with Gasteiger partial charge in [-0.3, -0.25) is 9.10 Å². The number of amides is 1. The third-order valence-corrected chi connectivity index (χ3v) is 6.37. The number of hydrogen-bond acceptors (Lipinski definition) is 3. The zero-order chi connectivity index (χ0) is 21.6. The average molecular weight is 437 g/mol. The fourth-order valence-corrected chi connectivity index (χ4v) is 4.31. The Balaban J connectivity index is 1.98. The summed E-state index contributed by atoms with van der Waals surface area (Å²) in [6, 6.07) is 12.9. The summed E-state index contributed by atoms with van der Waals surface area (Å²) in [6.07, 6.45) is 2.59. The normalized spacial score (nSPS) is 12.4. The summed E-state index contributed by atoms with van der Waals surface area (Å²) in [7, 11) is -3.47. The van der Waals surface area contributed by atoms with Gasteiger partial charge in [0.1, 0.15) is 0 Å². The van der Waals surface area contributed by atoms with Gasteiger partial charge in [-0.1, -0.05) is 42.8 Å². The van der Waals surface area contributed by atoms with Crippen molar-refractivity contribution in [3.8, 4) is 0 Å². The molecule has 2 rings (SSSR count). The van der Waals surface area contributed by atoms with Crippen LogP contribution in [0.25, 0.3) is 0 Å². The molecule has 0 bridgehead atoms. The molecule has 0 unspecified atom stereocenters. The highest BCUT2D eigenvalue weighted by molar-refractivity contribution is 7.92. The maximum absolute atomic E-state index is 12.5. The van der Waals surface area contributed by atoms with Crippen LogP contribution >= 0.6 is 11.6 Å². The number of nitrogens with one attached hydrogen (secondary N) is 1. The molecule has 0 saturated carbocycles. The van der Waals surface area contributed by atoms with E-state index >= 15 is 0 Å². The Morgan fingerprint density at radius 2 is 1.86 bits per heavy atom. The van der Waals surface area contributed by atoms with E-state index in [2.05, 4.69) is 31.3 Å². The lowest BCUT2D eigenvalue weighted by Crippen LogP contribution is -2.33. The van der Waals surface area contributed by atoms with Crippen LogP contribution in [0.5, 0.6) is 0 Å². The maximum atomic E-state index is 12.5. The summed E-state index contributed by atoms with van der Waals surface area (Å²) in [5.41, 5.74) is 4.00. The number of sulfonamides is 1. The number of aryl methyl sites for hydroxylation is 2. The molecule has 0 radical (unpaired) electrons. The lowest BCUT2D eigenvalue weighted by molar-refractivity contribution is -0.121. The van der Waals surface area contributed by atoms with Crippen LogP contribution in [-0.2, 0) is 14.8 Å². The molecule has 158 valence electrons. The molecule has 0 aliphatic heterocycles. The molecule has 1 amide bonds. The van der Waals surface area contributed by atoms with Crippen LogP contribution in [0, 0.1) is 13.8 Å². The second kappa shape index (κ2) is 10.1. The average Bonchev–Trinajstić information content (AvgIpc) is 2.64. The largest absolute Gasteiger partial charge is 0.349 e. The third kappa shape index (κ3) is 6.75. The minimum atomic E-state index is -3.47. The number of carbonyl (C=O) groups is 1. The predicted octanol–water partition coefficient (Wildman–Crippen LogP) is 4.77. The summed E-state index contributed by atoms with van der Waals surface area (Å²) in [5.74, 6) is -0.0883. The lowest BCUT2D eigenvalue weighted by Gasteiger charge is -2.23. The Kier molecular flexibility index (Phi) is 8.11. The van der Waals surface area contributed by atoms with E-state index in [9.17, 15) is 13.2 Å². The van der Waals surface area contributed by atoms with E-state index in [1.54, 1.807) is 24.3 Å². The molecule has 29 heavy (non-hydrogen) atoms. The van der Waals surface area contributed by atoms with E-state index in [4.69, 9.17) is 11.6 Å². The first-order chi connectivity index (χ1) is 13.6. The van der Waals surface area contributed by atoms with Crippen molar-refractivity contribution in [1.82, 2.24) is 5.32 Å². The fourth-order valence-electron chi connectivity index (χ4n) is 3.17. The van der Waals surface area contributed by atoms with Crippen molar-refractivity contribution >= 4 is 33.2 Å². The number of rotatable bonds is 9. The third-order valence-electron chi connectivity index (χ3n) is 4.94. The number of nitrogens with zero attached hydrogens (tertiary/aromatic N) is 1. The molecule has 0 aliphatic carbocycles. The summed E-state index contributed by atoms with van der Waals surface area (Å²) in [5, 5.41) is 3.53. The topological polar surface area (TPSA) is 66.5 Å². The molecule has 0 fully saturated rings.